The Morgan fingerprint density at radius 1 is 0.167 bits per heavy atom. The second-order valence-electron chi connectivity index (χ2n) is 27.7. The molecule has 18 rings (SSSR count). The standard InChI is InChI=1S/3C33H26O/c1-22(2)23-16-18-24(19-17-23)25-8-5-9-26(20-25)27-10-6-11-28(21-27)29-13-7-14-31-30-12-3-4-15-32(30)34-33(29)31;1-22(2)23-13-15-24(16-14-23)25-7-5-8-26(19-25)27-9-6-10-28(20-27)29-17-18-33-31(21-29)30-11-3-4-12-32(30)34-33;1-22(2)23-13-15-24(16-14-23)25-7-5-8-26(19-25)27-9-6-10-28(20-27)29-17-18-31-30-11-3-4-12-32(30)34-33(31)21-29/h3*3-22H,1-2H3. The molecule has 0 aliphatic rings. The van der Waals surface area contributed by atoms with Crippen LogP contribution in [0.1, 0.15) is 76.0 Å². The van der Waals surface area contributed by atoms with Gasteiger partial charge in [0.25, 0.3) is 0 Å². The highest BCUT2D eigenvalue weighted by molar-refractivity contribution is 6.10. The fourth-order valence-electron chi connectivity index (χ4n) is 14.2. The number of furan rings is 3. The molecule has 0 amide bonds. The predicted molar refractivity (Wildman–Crippen MR) is 432 cm³/mol. The van der Waals surface area contributed by atoms with E-state index in [0.29, 0.717) is 17.8 Å². The van der Waals surface area contributed by atoms with Crippen LogP contribution in [-0.4, -0.2) is 0 Å². The molecular formula is C99H78O3. The van der Waals surface area contributed by atoms with E-state index in [0.717, 1.165) is 82.5 Å². The van der Waals surface area contributed by atoms with Crippen molar-refractivity contribution in [2.24, 2.45) is 0 Å². The second-order valence-corrected chi connectivity index (χ2v) is 27.7. The van der Waals surface area contributed by atoms with Crippen LogP contribution < -0.4 is 0 Å². The first-order valence-corrected chi connectivity index (χ1v) is 35.6. The van der Waals surface area contributed by atoms with E-state index in [9.17, 15) is 0 Å². The highest BCUT2D eigenvalue weighted by Crippen LogP contribution is 2.41. The molecule has 0 saturated heterocycles. The third-order valence-corrected chi connectivity index (χ3v) is 20.0. The molecule has 0 aliphatic carbocycles. The van der Waals surface area contributed by atoms with E-state index in [1.807, 2.05) is 36.4 Å². The van der Waals surface area contributed by atoms with E-state index in [-0.39, 0.29) is 0 Å². The van der Waals surface area contributed by atoms with Crippen LogP contribution in [0.3, 0.4) is 0 Å². The van der Waals surface area contributed by atoms with Crippen molar-refractivity contribution in [3.8, 4) is 100 Å². The Kier molecular flexibility index (Phi) is 17.8. The summed E-state index contributed by atoms with van der Waals surface area (Å²) in [6.45, 7) is 13.4. The van der Waals surface area contributed by atoms with E-state index < -0.39 is 0 Å². The van der Waals surface area contributed by atoms with E-state index in [1.165, 1.54) is 100 Å². The van der Waals surface area contributed by atoms with Gasteiger partial charge >= 0.3 is 0 Å². The molecule has 492 valence electrons. The maximum Gasteiger partial charge on any atom is 0.143 e. The van der Waals surface area contributed by atoms with Crippen LogP contribution in [-0.2, 0) is 0 Å². The molecule has 0 saturated carbocycles. The van der Waals surface area contributed by atoms with Crippen LogP contribution in [0.5, 0.6) is 0 Å². The average Bonchev–Trinajstić information content (AvgIpc) is 1.63. The second kappa shape index (κ2) is 28.1. The van der Waals surface area contributed by atoms with Crippen molar-refractivity contribution in [2.45, 2.75) is 59.3 Å². The number of fused-ring (bicyclic) bond motifs is 9. The van der Waals surface area contributed by atoms with Gasteiger partial charge in [0.1, 0.15) is 33.5 Å². The van der Waals surface area contributed by atoms with Crippen molar-refractivity contribution >= 4 is 65.8 Å². The zero-order valence-electron chi connectivity index (χ0n) is 58.4. The largest absolute Gasteiger partial charge is 0.456 e. The van der Waals surface area contributed by atoms with Gasteiger partial charge in [0, 0.05) is 37.9 Å². The highest BCUT2D eigenvalue weighted by Gasteiger charge is 2.16. The highest BCUT2D eigenvalue weighted by atomic mass is 16.3. The van der Waals surface area contributed by atoms with Crippen molar-refractivity contribution in [2.75, 3.05) is 0 Å². The van der Waals surface area contributed by atoms with E-state index in [1.54, 1.807) is 0 Å². The first kappa shape index (κ1) is 64.4. The quantitative estimate of drug-likeness (QED) is 0.122. The Bertz CT molecular complexity index is 6010. The smallest absolute Gasteiger partial charge is 0.143 e. The third kappa shape index (κ3) is 13.3. The fourth-order valence-corrected chi connectivity index (χ4v) is 14.2. The third-order valence-electron chi connectivity index (χ3n) is 20.0. The van der Waals surface area contributed by atoms with Gasteiger partial charge in [-0.05, 0) is 208 Å². The minimum atomic E-state index is 0.541. The van der Waals surface area contributed by atoms with E-state index >= 15 is 0 Å². The molecule has 0 spiro atoms. The first-order chi connectivity index (χ1) is 50.0. The van der Waals surface area contributed by atoms with Crippen LogP contribution >= 0.6 is 0 Å². The topological polar surface area (TPSA) is 39.4 Å². The molecule has 3 heterocycles. The van der Waals surface area contributed by atoms with Gasteiger partial charge < -0.3 is 13.3 Å². The van der Waals surface area contributed by atoms with Gasteiger partial charge in [0.05, 0.1) is 0 Å². The van der Waals surface area contributed by atoms with E-state index in [4.69, 9.17) is 13.3 Å². The molecule has 102 heavy (non-hydrogen) atoms. The number of benzene rings is 15. The SMILES string of the molecule is CC(C)c1ccc(-c2cccc(-c3cccc(-c4ccc5c(c4)oc4ccccc45)c3)c2)cc1.CC(C)c1ccc(-c2cccc(-c3cccc(-c4ccc5oc6ccccc6c5c4)c3)c2)cc1.CC(C)c1ccc(-c2cccc(-c3cccc(-c4cccc5c4oc4ccccc45)c3)c2)cc1. The van der Waals surface area contributed by atoms with Crippen LogP contribution in [0.25, 0.3) is 166 Å². The van der Waals surface area contributed by atoms with Crippen molar-refractivity contribution in [1.82, 2.24) is 0 Å². The Morgan fingerprint density at radius 3 is 0.843 bits per heavy atom. The van der Waals surface area contributed by atoms with Crippen LogP contribution in [0, 0.1) is 0 Å². The molecule has 0 unspecified atom stereocenters. The first-order valence-electron chi connectivity index (χ1n) is 35.6. The lowest BCUT2D eigenvalue weighted by molar-refractivity contribution is 0.668. The monoisotopic (exact) mass is 1310 g/mol. The summed E-state index contributed by atoms with van der Waals surface area (Å²) in [4.78, 5) is 0. The minimum Gasteiger partial charge on any atom is -0.456 e. The number of rotatable bonds is 12. The summed E-state index contributed by atoms with van der Waals surface area (Å²) in [5.74, 6) is 1.63. The summed E-state index contributed by atoms with van der Waals surface area (Å²) in [6.07, 6.45) is 0. The lowest BCUT2D eigenvalue weighted by Crippen LogP contribution is -1.87. The molecule has 0 bridgehead atoms. The number of para-hydroxylation sites is 4. The van der Waals surface area contributed by atoms with Crippen molar-refractivity contribution < 1.29 is 13.3 Å². The Labute approximate surface area is 597 Å². The van der Waals surface area contributed by atoms with Crippen LogP contribution in [0.15, 0.2) is 359 Å². The van der Waals surface area contributed by atoms with Gasteiger partial charge in [0.15, 0.2) is 0 Å². The molecule has 3 aromatic heterocycles. The zero-order valence-corrected chi connectivity index (χ0v) is 58.4. The Hall–Kier alpha value is -12.3. The molecule has 3 nitrogen and oxygen atoms in total. The molecule has 0 radical (unpaired) electrons. The zero-order chi connectivity index (χ0) is 69.2. The van der Waals surface area contributed by atoms with Crippen LogP contribution in [0.2, 0.25) is 0 Å². The molecule has 15 aromatic carbocycles. The van der Waals surface area contributed by atoms with Gasteiger partial charge in [-0.3, -0.25) is 0 Å². The van der Waals surface area contributed by atoms with E-state index in [2.05, 4.69) is 351 Å². The van der Waals surface area contributed by atoms with Gasteiger partial charge in [-0.15, -0.1) is 0 Å². The summed E-state index contributed by atoms with van der Waals surface area (Å²) in [6, 6.07) is 124. The molecule has 3 heteroatoms. The molecule has 0 fully saturated rings. The molecule has 0 atom stereocenters. The summed E-state index contributed by atoms with van der Waals surface area (Å²) in [7, 11) is 0. The number of hydrogen-bond donors (Lipinski definition) is 0. The van der Waals surface area contributed by atoms with Gasteiger partial charge in [0.2, 0.25) is 0 Å². The number of hydrogen-bond acceptors (Lipinski definition) is 3. The summed E-state index contributed by atoms with van der Waals surface area (Å²) < 4.78 is 18.4. The normalized spacial score (nSPS) is 11.5. The summed E-state index contributed by atoms with van der Waals surface area (Å²) >= 11 is 0. The van der Waals surface area contributed by atoms with Gasteiger partial charge in [-0.2, -0.15) is 0 Å². The van der Waals surface area contributed by atoms with Crippen molar-refractivity contribution in [1.29, 1.82) is 0 Å². The maximum atomic E-state index is 6.29. The average molecular weight is 1320 g/mol. The van der Waals surface area contributed by atoms with Crippen molar-refractivity contribution in [3.05, 3.63) is 362 Å². The molecular weight excluding hydrogens is 1240 g/mol. The maximum absolute atomic E-state index is 6.29. The molecule has 0 N–H and O–H groups in total. The lowest BCUT2D eigenvalue weighted by Gasteiger charge is -2.10. The van der Waals surface area contributed by atoms with Crippen LogP contribution in [0.4, 0.5) is 0 Å². The predicted octanol–water partition coefficient (Wildman–Crippen LogP) is 29.1. The Balaban J connectivity index is 0.000000118. The molecule has 18 aromatic rings. The fraction of sp³-hybridized carbons (Fsp3) is 0.0909. The minimum absolute atomic E-state index is 0.541. The lowest BCUT2D eigenvalue weighted by atomic mass is 9.94. The Morgan fingerprint density at radius 2 is 0.431 bits per heavy atom. The summed E-state index contributed by atoms with van der Waals surface area (Å²) in [5, 5.41) is 6.96. The summed E-state index contributed by atoms with van der Waals surface area (Å²) in [5.41, 5.74) is 31.5. The van der Waals surface area contributed by atoms with Gasteiger partial charge in [-0.25, -0.2) is 0 Å². The van der Waals surface area contributed by atoms with Crippen molar-refractivity contribution in [3.63, 3.8) is 0 Å². The molecule has 0 aliphatic heterocycles. The van der Waals surface area contributed by atoms with Gasteiger partial charge in [-0.1, -0.05) is 308 Å².